The van der Waals surface area contributed by atoms with Crippen molar-refractivity contribution >= 4 is 25.7 Å². The summed E-state index contributed by atoms with van der Waals surface area (Å²) in [5.74, 6) is -1.55. The van der Waals surface area contributed by atoms with Crippen LogP contribution in [0.1, 0.15) is 252 Å². The number of carbonyl (C=O) groups is 3. The average Bonchev–Trinajstić information content (AvgIpc) is 3.41. The Labute approximate surface area is 463 Å². The van der Waals surface area contributed by atoms with E-state index in [1.54, 1.807) is 0 Å². The Kier molecular flexibility index (Phi) is 54.8. The van der Waals surface area contributed by atoms with Crippen molar-refractivity contribution in [3.8, 4) is 0 Å². The van der Waals surface area contributed by atoms with Gasteiger partial charge in [-0.05, 0) is 109 Å². The van der Waals surface area contributed by atoms with Crippen molar-refractivity contribution in [2.75, 3.05) is 26.4 Å². The van der Waals surface area contributed by atoms with E-state index in [2.05, 4.69) is 106 Å². The lowest BCUT2D eigenvalue weighted by atomic mass is 10.1. The summed E-state index contributed by atoms with van der Waals surface area (Å²) in [6.07, 6.45) is 68.0. The largest absolute Gasteiger partial charge is 0.472 e. The molecule has 0 bridgehead atoms. The minimum atomic E-state index is -4.77. The average molecular weight is 1090 g/mol. The number of hydrogen-bond acceptors (Lipinski definition) is 10. The Morgan fingerprint density at radius 1 is 0.382 bits per heavy atom. The minimum Gasteiger partial charge on any atom is -0.462 e. The molecule has 2 N–H and O–H groups in total. The molecule has 0 saturated carbocycles. The van der Waals surface area contributed by atoms with Crippen molar-refractivity contribution in [1.29, 1.82) is 0 Å². The molecule has 0 aliphatic heterocycles. The summed E-state index contributed by atoms with van der Waals surface area (Å²) in [6, 6.07) is 0. The molecule has 3 unspecified atom stereocenters. The number of phosphoric ester groups is 1. The van der Waals surface area contributed by atoms with E-state index in [-0.39, 0.29) is 25.9 Å². The maximum absolute atomic E-state index is 12.9. The zero-order valence-corrected chi connectivity index (χ0v) is 49.1. The summed E-state index contributed by atoms with van der Waals surface area (Å²) in [4.78, 5) is 48.6. The second-order valence-electron chi connectivity index (χ2n) is 19.8. The standard InChI is InChI=1S/C64H109O11P/c1-4-7-10-13-16-19-22-25-27-29-30-32-34-37-40-43-46-49-52-55-64(68)75-61(57-71-62(66)53-50-47-44-41-38-35-24-21-18-15-12-9-6-3)59-73-76(69,70)72-58-60(56-65)74-63(67)54-51-48-45-42-39-36-33-31-28-26-23-20-17-14-11-8-5-2/h8,11-12,15,17,20-21,24-28,33,36,42,45,60-61,65H,4-7,9-10,13-14,16,18-19,22-23,29-32,34-35,37-41,43-44,46-59H2,1-3H3,(H,69,70)/b11-8-,15-12-,20-17-,24-21-,27-25-,28-26-,36-33-,45-42-. The molecule has 0 aliphatic carbocycles. The van der Waals surface area contributed by atoms with Gasteiger partial charge in [-0.2, -0.15) is 0 Å². The third-order valence-corrected chi connectivity index (χ3v) is 13.4. The Hall–Kier alpha value is -3.60. The van der Waals surface area contributed by atoms with Crippen LogP contribution in [0.15, 0.2) is 97.2 Å². The lowest BCUT2D eigenvalue weighted by Gasteiger charge is -2.21. The molecule has 0 aromatic rings. The van der Waals surface area contributed by atoms with Crippen LogP contribution in [0.2, 0.25) is 0 Å². The maximum atomic E-state index is 12.9. The smallest absolute Gasteiger partial charge is 0.462 e. The lowest BCUT2D eigenvalue weighted by Crippen LogP contribution is -2.30. The molecule has 0 spiro atoms. The highest BCUT2D eigenvalue weighted by Gasteiger charge is 2.28. The van der Waals surface area contributed by atoms with Gasteiger partial charge in [-0.3, -0.25) is 23.4 Å². The Morgan fingerprint density at radius 2 is 0.724 bits per heavy atom. The van der Waals surface area contributed by atoms with Crippen LogP contribution < -0.4 is 0 Å². The van der Waals surface area contributed by atoms with Crippen LogP contribution in [0.4, 0.5) is 0 Å². The van der Waals surface area contributed by atoms with Gasteiger partial charge < -0.3 is 24.2 Å². The maximum Gasteiger partial charge on any atom is 0.472 e. The first-order valence-electron chi connectivity index (χ1n) is 30.1. The normalized spacial score (nSPS) is 14.0. The van der Waals surface area contributed by atoms with Gasteiger partial charge in [0.1, 0.15) is 12.7 Å². The summed E-state index contributed by atoms with van der Waals surface area (Å²) in [6.45, 7) is 4.39. The number of aliphatic hydroxyl groups is 1. The second-order valence-corrected chi connectivity index (χ2v) is 21.2. The molecule has 3 atom stereocenters. The molecule has 0 fully saturated rings. The monoisotopic (exact) mass is 1080 g/mol. The lowest BCUT2D eigenvalue weighted by molar-refractivity contribution is -0.161. The number of esters is 3. The van der Waals surface area contributed by atoms with Gasteiger partial charge in [0.2, 0.25) is 0 Å². The minimum absolute atomic E-state index is 0.0945. The fourth-order valence-electron chi connectivity index (χ4n) is 7.90. The van der Waals surface area contributed by atoms with Crippen molar-refractivity contribution in [1.82, 2.24) is 0 Å². The molecule has 76 heavy (non-hydrogen) atoms. The topological polar surface area (TPSA) is 155 Å². The van der Waals surface area contributed by atoms with E-state index in [1.165, 1.54) is 89.9 Å². The number of rotatable bonds is 55. The van der Waals surface area contributed by atoms with Crippen LogP contribution in [-0.2, 0) is 42.2 Å². The molecule has 0 heterocycles. The van der Waals surface area contributed by atoms with E-state index < -0.39 is 57.8 Å². The molecule has 0 aromatic heterocycles. The molecule has 0 amide bonds. The third-order valence-electron chi connectivity index (χ3n) is 12.4. The molecule has 436 valence electrons. The van der Waals surface area contributed by atoms with E-state index in [0.717, 1.165) is 96.3 Å². The van der Waals surface area contributed by atoms with Crippen LogP contribution in [0.5, 0.6) is 0 Å². The van der Waals surface area contributed by atoms with Crippen LogP contribution in [-0.4, -0.2) is 66.5 Å². The zero-order chi connectivity index (χ0) is 55.5. The van der Waals surface area contributed by atoms with E-state index in [9.17, 15) is 28.9 Å². The Bertz CT molecular complexity index is 1640. The van der Waals surface area contributed by atoms with E-state index in [4.69, 9.17) is 23.3 Å². The SMILES string of the molecule is CC/C=C\C/C=C\C/C=C\C/C=C\C/C=C\CCCC(=O)OC(CO)COP(=O)(O)OCC(COC(=O)CCCCCCC/C=C\C/C=C\CCC)OC(=O)CCCCCCCCCCC/C=C\CCCCCCCC. The van der Waals surface area contributed by atoms with E-state index in [0.29, 0.717) is 25.7 Å². The molecule has 0 saturated heterocycles. The molecular formula is C64H109O11P. The van der Waals surface area contributed by atoms with Crippen molar-refractivity contribution in [2.24, 2.45) is 0 Å². The van der Waals surface area contributed by atoms with Crippen molar-refractivity contribution in [2.45, 2.75) is 264 Å². The molecule has 0 aromatic carbocycles. The Morgan fingerprint density at radius 3 is 1.17 bits per heavy atom. The highest BCUT2D eigenvalue weighted by Crippen LogP contribution is 2.43. The molecule has 0 rings (SSSR count). The van der Waals surface area contributed by atoms with Crippen molar-refractivity contribution in [3.05, 3.63) is 97.2 Å². The quantitative estimate of drug-likeness (QED) is 0.0197. The first kappa shape index (κ1) is 72.4. The molecule has 0 radical (unpaired) electrons. The summed E-state index contributed by atoms with van der Waals surface area (Å²) in [5, 5.41) is 9.82. The van der Waals surface area contributed by atoms with Crippen molar-refractivity contribution < 1.29 is 52.2 Å². The summed E-state index contributed by atoms with van der Waals surface area (Å²) in [5.41, 5.74) is 0. The number of phosphoric acid groups is 1. The predicted octanol–water partition coefficient (Wildman–Crippen LogP) is 18.0. The fourth-order valence-corrected chi connectivity index (χ4v) is 8.68. The van der Waals surface area contributed by atoms with Crippen molar-refractivity contribution in [3.63, 3.8) is 0 Å². The number of allylic oxidation sites excluding steroid dienone is 16. The second kappa shape index (κ2) is 57.6. The first-order chi connectivity index (χ1) is 37.2. The molecule has 12 heteroatoms. The van der Waals surface area contributed by atoms with Gasteiger partial charge >= 0.3 is 25.7 Å². The first-order valence-corrected chi connectivity index (χ1v) is 31.6. The summed E-state index contributed by atoms with van der Waals surface area (Å²) >= 11 is 0. The molecular weight excluding hydrogens is 976 g/mol. The fraction of sp³-hybridized carbons (Fsp3) is 0.703. The highest BCUT2D eigenvalue weighted by molar-refractivity contribution is 7.47. The predicted molar refractivity (Wildman–Crippen MR) is 316 cm³/mol. The highest BCUT2D eigenvalue weighted by atomic mass is 31.2. The van der Waals surface area contributed by atoms with Gasteiger partial charge in [0, 0.05) is 19.3 Å². The van der Waals surface area contributed by atoms with Gasteiger partial charge in [0.25, 0.3) is 0 Å². The third kappa shape index (κ3) is 55.2. The van der Waals surface area contributed by atoms with Gasteiger partial charge in [-0.1, -0.05) is 221 Å². The molecule has 0 aliphatic rings. The zero-order valence-electron chi connectivity index (χ0n) is 48.2. The molecule has 11 nitrogen and oxygen atoms in total. The van der Waals surface area contributed by atoms with Gasteiger partial charge in [-0.25, -0.2) is 4.57 Å². The van der Waals surface area contributed by atoms with E-state index >= 15 is 0 Å². The number of carbonyl (C=O) groups excluding carboxylic acids is 3. The number of hydrogen-bond donors (Lipinski definition) is 2. The van der Waals surface area contributed by atoms with E-state index in [1.807, 2.05) is 12.2 Å². The van der Waals surface area contributed by atoms with Crippen LogP contribution in [0.25, 0.3) is 0 Å². The summed E-state index contributed by atoms with van der Waals surface area (Å²) < 4.78 is 39.5. The van der Waals surface area contributed by atoms with Crippen LogP contribution in [0, 0.1) is 0 Å². The van der Waals surface area contributed by atoms with Gasteiger partial charge in [0.05, 0.1) is 19.8 Å². The van der Waals surface area contributed by atoms with Crippen LogP contribution >= 0.6 is 7.82 Å². The van der Waals surface area contributed by atoms with Gasteiger partial charge in [-0.15, -0.1) is 0 Å². The number of ether oxygens (including phenoxy) is 3. The van der Waals surface area contributed by atoms with Gasteiger partial charge in [0.15, 0.2) is 6.10 Å². The number of unbranched alkanes of at least 4 members (excludes halogenated alkanes) is 22. The Balaban J connectivity index is 4.76. The summed E-state index contributed by atoms with van der Waals surface area (Å²) in [7, 11) is -4.77. The number of aliphatic hydroxyl groups excluding tert-OH is 1. The van der Waals surface area contributed by atoms with Crippen LogP contribution in [0.3, 0.4) is 0 Å².